The number of piperidine rings is 1. The summed E-state index contributed by atoms with van der Waals surface area (Å²) >= 11 is 0. The van der Waals surface area contributed by atoms with Crippen molar-refractivity contribution in [3.05, 3.63) is 47.6 Å². The average molecular weight is 1020 g/mol. The van der Waals surface area contributed by atoms with Gasteiger partial charge in [0, 0.05) is 65.1 Å². The highest BCUT2D eigenvalue weighted by molar-refractivity contribution is 7.53. The second-order valence-corrected chi connectivity index (χ2v) is 22.9. The molecule has 16 nitrogen and oxygen atoms in total. The van der Waals surface area contributed by atoms with E-state index in [1.165, 1.54) is 18.7 Å². The van der Waals surface area contributed by atoms with Crippen LogP contribution in [0.2, 0.25) is 0 Å². The van der Waals surface area contributed by atoms with Gasteiger partial charge in [-0.3, -0.25) is 23.7 Å². The average Bonchev–Trinajstić information content (AvgIpc) is 3.33. The summed E-state index contributed by atoms with van der Waals surface area (Å²) in [6.07, 6.45) is 10.9. The van der Waals surface area contributed by atoms with E-state index in [4.69, 9.17) is 32.7 Å². The molecule has 2 bridgehead atoms. The minimum atomic E-state index is -3.32. The van der Waals surface area contributed by atoms with Crippen molar-refractivity contribution >= 4 is 36.8 Å². The molecule has 71 heavy (non-hydrogen) atoms. The number of amides is 1. The van der Waals surface area contributed by atoms with E-state index in [1.54, 1.807) is 48.0 Å². The molecule has 3 aliphatic heterocycles. The molecule has 0 spiro atoms. The number of ether oxygens (including phenoxy) is 5. The fraction of sp³-hybridized carbons (Fsp3) is 0.759. The summed E-state index contributed by atoms with van der Waals surface area (Å²) in [4.78, 5) is 72.3. The number of esters is 1. The Balaban J connectivity index is 1.70. The number of methoxy groups -OCH3 is 3. The number of aliphatic hydroxyl groups is 2. The van der Waals surface area contributed by atoms with E-state index in [2.05, 4.69) is 0 Å². The van der Waals surface area contributed by atoms with Crippen molar-refractivity contribution in [1.82, 2.24) is 4.90 Å². The molecular weight excluding hydrogens is 934 g/mol. The molecule has 2 saturated heterocycles. The Kier molecular flexibility index (Phi) is 23.7. The lowest BCUT2D eigenvalue weighted by molar-refractivity contribution is -0.265. The third-order valence-electron chi connectivity index (χ3n) is 15.2. The molecule has 0 radical (unpaired) electrons. The van der Waals surface area contributed by atoms with Gasteiger partial charge < -0.3 is 47.8 Å². The first-order chi connectivity index (χ1) is 33.5. The third-order valence-corrected chi connectivity index (χ3v) is 16.5. The van der Waals surface area contributed by atoms with Crippen LogP contribution >= 0.6 is 7.60 Å². The van der Waals surface area contributed by atoms with Crippen LogP contribution in [0, 0.1) is 35.5 Å². The van der Waals surface area contributed by atoms with Gasteiger partial charge in [0.15, 0.2) is 11.6 Å². The molecule has 2 N–H and O–H groups in total. The van der Waals surface area contributed by atoms with E-state index in [1.807, 2.05) is 58.1 Å². The van der Waals surface area contributed by atoms with Gasteiger partial charge in [-0.25, -0.2) is 4.79 Å². The molecule has 4 aliphatic rings. The van der Waals surface area contributed by atoms with Crippen molar-refractivity contribution < 1.29 is 71.5 Å². The van der Waals surface area contributed by atoms with Crippen LogP contribution in [0.3, 0.4) is 0 Å². The summed E-state index contributed by atoms with van der Waals surface area (Å²) in [6.45, 7) is 16.1. The van der Waals surface area contributed by atoms with Crippen LogP contribution in [0.1, 0.15) is 132 Å². The summed E-state index contributed by atoms with van der Waals surface area (Å²) in [7, 11) is 1.21. The highest BCUT2D eigenvalue weighted by Gasteiger charge is 2.53. The highest BCUT2D eigenvalue weighted by Crippen LogP contribution is 2.48. The summed E-state index contributed by atoms with van der Waals surface area (Å²) in [5, 5.41) is 23.5. The van der Waals surface area contributed by atoms with Crippen LogP contribution < -0.4 is 0 Å². The summed E-state index contributed by atoms with van der Waals surface area (Å²) in [5.74, 6) is -8.22. The Morgan fingerprint density at radius 1 is 0.887 bits per heavy atom. The van der Waals surface area contributed by atoms with Crippen LogP contribution in [0.25, 0.3) is 0 Å². The maximum atomic E-state index is 14.5. The second kappa shape index (κ2) is 27.9. The fourth-order valence-electron chi connectivity index (χ4n) is 10.8. The number of ketones is 3. The molecule has 17 heteroatoms. The SMILES string of the molecule is CCOP(C)(=O)O[C@@H]1CCC(C[C@@H](C)C2CC(=O)C(C)=CC(C)[C@@H](O)[C@@H](OC)C(=O)[C@H](C)C[C@H](C)C=CC=CC=C(C)[C@@H](OC)C[C@@H]3CC[C@@H](C)C(O)(O3)C(=O)C(=O)N3CCCCC3C(=O)O2)C[C@H]1OC. The number of hydrogen-bond acceptors (Lipinski definition) is 15. The predicted molar refractivity (Wildman–Crippen MR) is 269 cm³/mol. The topological polar surface area (TPSA) is 211 Å². The zero-order valence-corrected chi connectivity index (χ0v) is 45.4. The van der Waals surface area contributed by atoms with Crippen molar-refractivity contribution in [1.29, 1.82) is 0 Å². The molecule has 0 aromatic rings. The summed E-state index contributed by atoms with van der Waals surface area (Å²) in [5.41, 5.74) is 1.17. The Hall–Kier alpha value is -3.18. The Morgan fingerprint density at radius 2 is 1.61 bits per heavy atom. The maximum Gasteiger partial charge on any atom is 0.329 e. The smallest absolute Gasteiger partial charge is 0.329 e. The van der Waals surface area contributed by atoms with Crippen molar-refractivity contribution in [3.63, 3.8) is 0 Å². The maximum absolute atomic E-state index is 14.5. The van der Waals surface area contributed by atoms with Gasteiger partial charge in [0.2, 0.25) is 5.79 Å². The third kappa shape index (κ3) is 16.7. The largest absolute Gasteiger partial charge is 0.460 e. The van der Waals surface area contributed by atoms with Gasteiger partial charge in [-0.05, 0) is 114 Å². The number of Topliss-reactive ketones (excluding diaryl/α,β-unsaturated/α-hetero) is 3. The van der Waals surface area contributed by atoms with Crippen LogP contribution in [0.4, 0.5) is 0 Å². The van der Waals surface area contributed by atoms with Crippen molar-refractivity contribution in [2.45, 2.75) is 187 Å². The van der Waals surface area contributed by atoms with Gasteiger partial charge in [0.1, 0.15) is 18.2 Å². The molecule has 4 rings (SSSR count). The van der Waals surface area contributed by atoms with Gasteiger partial charge >= 0.3 is 13.6 Å². The lowest BCUT2D eigenvalue weighted by Gasteiger charge is -2.42. The van der Waals surface area contributed by atoms with E-state index in [0.29, 0.717) is 69.8 Å². The molecule has 1 amide bonds. The van der Waals surface area contributed by atoms with E-state index in [-0.39, 0.29) is 49.4 Å². The van der Waals surface area contributed by atoms with Crippen LogP contribution in [0.15, 0.2) is 47.6 Å². The zero-order valence-electron chi connectivity index (χ0n) is 44.5. The number of cyclic esters (lactones) is 1. The monoisotopic (exact) mass is 1020 g/mol. The normalized spacial score (nSPS) is 36.6. The number of rotatable bonds is 10. The molecule has 1 saturated carbocycles. The number of carbonyl (C=O) groups is 5. The Bertz CT molecular complexity index is 1980. The Morgan fingerprint density at radius 3 is 2.27 bits per heavy atom. The zero-order chi connectivity index (χ0) is 52.8. The van der Waals surface area contributed by atoms with Crippen LogP contribution in [-0.2, 0) is 61.3 Å². The van der Waals surface area contributed by atoms with E-state index < -0.39 is 103 Å². The van der Waals surface area contributed by atoms with Crippen molar-refractivity contribution in [2.75, 3.05) is 41.1 Å². The molecule has 0 aromatic carbocycles. The van der Waals surface area contributed by atoms with Crippen LogP contribution in [-0.4, -0.2) is 140 Å². The molecule has 3 fully saturated rings. The molecule has 3 heterocycles. The number of nitrogens with zero attached hydrogens (tertiary/aromatic N) is 1. The van der Waals surface area contributed by atoms with Crippen LogP contribution in [0.5, 0.6) is 0 Å². The first kappa shape index (κ1) is 60.4. The highest BCUT2D eigenvalue weighted by atomic mass is 31.2. The molecule has 16 atom stereocenters. The molecular formula is C54H86NO15P. The van der Waals surface area contributed by atoms with E-state index >= 15 is 0 Å². The van der Waals surface area contributed by atoms with Crippen molar-refractivity contribution in [3.8, 4) is 0 Å². The quantitative estimate of drug-likeness (QED) is 0.120. The van der Waals surface area contributed by atoms with Gasteiger partial charge in [-0.1, -0.05) is 71.1 Å². The number of allylic oxidation sites excluding steroid dienone is 6. The number of carbonyl (C=O) groups excluding carboxylic acids is 5. The molecule has 0 aromatic heterocycles. The first-order valence-corrected chi connectivity index (χ1v) is 27.9. The molecule has 402 valence electrons. The lowest BCUT2D eigenvalue weighted by atomic mass is 9.78. The molecule has 6 unspecified atom stereocenters. The number of aliphatic hydroxyl groups excluding tert-OH is 1. The van der Waals surface area contributed by atoms with Gasteiger partial charge in [-0.2, -0.15) is 0 Å². The van der Waals surface area contributed by atoms with Gasteiger partial charge in [0.05, 0.1) is 37.1 Å². The molecule has 1 aliphatic carbocycles. The minimum absolute atomic E-state index is 0.00936. The summed E-state index contributed by atoms with van der Waals surface area (Å²) in [6, 6.07) is -1.17. The van der Waals surface area contributed by atoms with Gasteiger partial charge in [0.25, 0.3) is 11.7 Å². The van der Waals surface area contributed by atoms with E-state index in [9.17, 15) is 38.8 Å². The predicted octanol–water partition coefficient (Wildman–Crippen LogP) is 8.06. The van der Waals surface area contributed by atoms with E-state index in [0.717, 1.165) is 5.57 Å². The number of fused-ring (bicyclic) bond motifs is 3. The second-order valence-electron chi connectivity index (χ2n) is 20.9. The minimum Gasteiger partial charge on any atom is -0.460 e. The first-order valence-electron chi connectivity index (χ1n) is 25.9. The van der Waals surface area contributed by atoms with Crippen molar-refractivity contribution in [2.24, 2.45) is 35.5 Å². The fourth-order valence-corrected chi connectivity index (χ4v) is 12.0. The van der Waals surface area contributed by atoms with Gasteiger partial charge in [-0.15, -0.1) is 0 Å². The lowest BCUT2D eigenvalue weighted by Crippen LogP contribution is -2.61. The number of hydrogen-bond donors (Lipinski definition) is 2. The standard InChI is InChI=1S/C54H86NO15P/c1-13-67-71(12,63)70-44-25-23-40(30-47(44)65-10)29-36(5)46-32-43(56)35(4)28-38(7)49(58)50(66-11)48(57)37(6)27-33(2)19-15-14-16-20-34(3)45(64-9)31-41-24-22-39(8)54(62,69-41)51(59)52(60)55-26-18-17-21-42(55)53(61)68-46/h14-16,19-20,28,33,36-42,44-47,49-50,58,62H,13,17-18,21-27,29-32H2,1-12H3/t33-,36-,37-,38?,39-,40?,41+,42?,44-,45+,46?,47-,49-,50+,54?,71?/m1/s1. The summed E-state index contributed by atoms with van der Waals surface area (Å²) < 4.78 is 54.0. The Labute approximate surface area is 423 Å².